The quantitative estimate of drug-likeness (QED) is 0.579. The van der Waals surface area contributed by atoms with E-state index in [1.165, 1.54) is 12.8 Å². The van der Waals surface area contributed by atoms with E-state index < -0.39 is 0 Å². The van der Waals surface area contributed by atoms with E-state index in [2.05, 4.69) is 12.2 Å². The number of amides is 1. The summed E-state index contributed by atoms with van der Waals surface area (Å²) in [6, 6.07) is 0.387. The first-order valence-corrected chi connectivity index (χ1v) is 7.35. The highest BCUT2D eigenvalue weighted by Crippen LogP contribution is 2.18. The molecule has 1 unspecified atom stereocenters. The second-order valence-electron chi connectivity index (χ2n) is 3.94. The lowest BCUT2D eigenvalue weighted by Crippen LogP contribution is -2.38. The zero-order chi connectivity index (χ0) is 11.1. The first-order chi connectivity index (χ1) is 7.24. The fourth-order valence-electron chi connectivity index (χ4n) is 1.82. The molecule has 1 rings (SSSR count). The minimum absolute atomic E-state index is 0.0280. The Morgan fingerprint density at radius 1 is 1.53 bits per heavy atom. The SMILES string of the molecule is CCSCCC(Cl)C(=O)NC1CCCC1. The molecule has 1 N–H and O–H groups in total. The van der Waals surface area contributed by atoms with Crippen LogP contribution in [0.2, 0.25) is 0 Å². The van der Waals surface area contributed by atoms with Crippen molar-refractivity contribution >= 4 is 29.3 Å². The number of hydrogen-bond donors (Lipinski definition) is 1. The molecule has 1 aliphatic rings. The Bertz CT molecular complexity index is 195. The van der Waals surface area contributed by atoms with Crippen LogP contribution in [-0.4, -0.2) is 28.8 Å². The predicted molar refractivity (Wildman–Crippen MR) is 67.7 cm³/mol. The monoisotopic (exact) mass is 249 g/mol. The number of thioether (sulfide) groups is 1. The number of carbonyl (C=O) groups excluding carboxylic acids is 1. The van der Waals surface area contributed by atoms with E-state index in [1.54, 1.807) is 0 Å². The maximum Gasteiger partial charge on any atom is 0.238 e. The fraction of sp³-hybridized carbons (Fsp3) is 0.909. The van der Waals surface area contributed by atoms with Crippen LogP contribution in [0.5, 0.6) is 0 Å². The third-order valence-corrected chi connectivity index (χ3v) is 4.05. The molecular formula is C11H20ClNOS. The Labute approximate surface area is 102 Å². The zero-order valence-electron chi connectivity index (χ0n) is 9.30. The van der Waals surface area contributed by atoms with Crippen molar-refractivity contribution in [3.8, 4) is 0 Å². The Kier molecular flexibility index (Phi) is 6.50. The van der Waals surface area contributed by atoms with Crippen LogP contribution in [0.25, 0.3) is 0 Å². The van der Waals surface area contributed by atoms with Crippen LogP contribution in [0.1, 0.15) is 39.0 Å². The molecule has 88 valence electrons. The molecule has 0 aromatic heterocycles. The van der Waals surface area contributed by atoms with Gasteiger partial charge in [0.2, 0.25) is 5.91 Å². The molecule has 15 heavy (non-hydrogen) atoms. The van der Waals surface area contributed by atoms with Crippen molar-refractivity contribution in [3.63, 3.8) is 0 Å². The summed E-state index contributed by atoms with van der Waals surface area (Å²) in [5.74, 6) is 2.09. The van der Waals surface area contributed by atoms with Crippen LogP contribution in [0, 0.1) is 0 Å². The smallest absolute Gasteiger partial charge is 0.238 e. The molecule has 0 aromatic carbocycles. The Morgan fingerprint density at radius 3 is 2.80 bits per heavy atom. The summed E-state index contributed by atoms with van der Waals surface area (Å²) in [6.07, 6.45) is 5.50. The Hall–Kier alpha value is 0.110. The fourth-order valence-corrected chi connectivity index (χ4v) is 2.82. The molecule has 1 fully saturated rings. The number of hydrogen-bond acceptors (Lipinski definition) is 2. The minimum Gasteiger partial charge on any atom is -0.352 e. The van der Waals surface area contributed by atoms with E-state index >= 15 is 0 Å². The Morgan fingerprint density at radius 2 is 2.20 bits per heavy atom. The summed E-state index contributed by atoms with van der Waals surface area (Å²) in [5.41, 5.74) is 0. The zero-order valence-corrected chi connectivity index (χ0v) is 10.9. The number of rotatable bonds is 6. The van der Waals surface area contributed by atoms with Gasteiger partial charge in [-0.15, -0.1) is 11.6 Å². The third-order valence-electron chi connectivity index (χ3n) is 2.71. The molecular weight excluding hydrogens is 230 g/mol. The van der Waals surface area contributed by atoms with E-state index in [-0.39, 0.29) is 11.3 Å². The lowest BCUT2D eigenvalue weighted by atomic mass is 10.2. The van der Waals surface area contributed by atoms with Gasteiger partial charge in [0.25, 0.3) is 0 Å². The molecule has 0 radical (unpaired) electrons. The second-order valence-corrected chi connectivity index (χ2v) is 5.86. The average Bonchev–Trinajstić information content (AvgIpc) is 2.70. The maximum absolute atomic E-state index is 11.6. The van der Waals surface area contributed by atoms with Gasteiger partial charge >= 0.3 is 0 Å². The molecule has 0 bridgehead atoms. The average molecular weight is 250 g/mol. The summed E-state index contributed by atoms with van der Waals surface area (Å²) in [6.45, 7) is 2.12. The van der Waals surface area contributed by atoms with Crippen molar-refractivity contribution in [3.05, 3.63) is 0 Å². The maximum atomic E-state index is 11.6. The molecule has 1 atom stereocenters. The van der Waals surface area contributed by atoms with Gasteiger partial charge in [0.15, 0.2) is 0 Å². The minimum atomic E-state index is -0.343. The van der Waals surface area contributed by atoms with Crippen molar-refractivity contribution in [2.24, 2.45) is 0 Å². The van der Waals surface area contributed by atoms with E-state index in [4.69, 9.17) is 11.6 Å². The molecule has 0 aromatic rings. The van der Waals surface area contributed by atoms with Crippen molar-refractivity contribution in [1.29, 1.82) is 0 Å². The topological polar surface area (TPSA) is 29.1 Å². The van der Waals surface area contributed by atoms with Crippen LogP contribution >= 0.6 is 23.4 Å². The van der Waals surface area contributed by atoms with Gasteiger partial charge in [0.1, 0.15) is 5.38 Å². The van der Waals surface area contributed by atoms with Crippen LogP contribution in [-0.2, 0) is 4.79 Å². The van der Waals surface area contributed by atoms with Gasteiger partial charge < -0.3 is 5.32 Å². The van der Waals surface area contributed by atoms with E-state index in [0.29, 0.717) is 6.04 Å². The van der Waals surface area contributed by atoms with E-state index in [0.717, 1.165) is 30.8 Å². The van der Waals surface area contributed by atoms with Crippen LogP contribution in [0.4, 0.5) is 0 Å². The van der Waals surface area contributed by atoms with Gasteiger partial charge in [-0.25, -0.2) is 0 Å². The molecule has 0 heterocycles. The highest BCUT2D eigenvalue weighted by Gasteiger charge is 2.21. The first-order valence-electron chi connectivity index (χ1n) is 5.76. The summed E-state index contributed by atoms with van der Waals surface area (Å²) in [4.78, 5) is 11.6. The van der Waals surface area contributed by atoms with Crippen molar-refractivity contribution in [2.75, 3.05) is 11.5 Å². The molecule has 1 aliphatic carbocycles. The summed E-state index contributed by atoms with van der Waals surface area (Å²) in [5, 5.41) is 2.68. The van der Waals surface area contributed by atoms with Gasteiger partial charge in [0.05, 0.1) is 0 Å². The molecule has 0 spiro atoms. The largest absolute Gasteiger partial charge is 0.352 e. The number of carbonyl (C=O) groups is 1. The first kappa shape index (κ1) is 13.2. The van der Waals surface area contributed by atoms with E-state index in [9.17, 15) is 4.79 Å². The third kappa shape index (κ3) is 5.12. The van der Waals surface area contributed by atoms with Crippen LogP contribution in [0.15, 0.2) is 0 Å². The molecule has 1 amide bonds. The standard InChI is InChI=1S/C11H20ClNOS/c1-2-15-8-7-10(12)11(14)13-9-5-3-4-6-9/h9-10H,2-8H2,1H3,(H,13,14). The summed E-state index contributed by atoms with van der Waals surface area (Å²) in [7, 11) is 0. The number of halogens is 1. The summed E-state index contributed by atoms with van der Waals surface area (Å²) < 4.78 is 0. The molecule has 0 saturated heterocycles. The van der Waals surface area contributed by atoms with Gasteiger partial charge in [-0.2, -0.15) is 11.8 Å². The molecule has 1 saturated carbocycles. The normalized spacial score (nSPS) is 19.1. The molecule has 2 nitrogen and oxygen atoms in total. The lowest BCUT2D eigenvalue weighted by Gasteiger charge is -2.15. The summed E-state index contributed by atoms with van der Waals surface area (Å²) >= 11 is 7.85. The van der Waals surface area contributed by atoms with Crippen LogP contribution < -0.4 is 5.32 Å². The lowest BCUT2D eigenvalue weighted by molar-refractivity contribution is -0.121. The van der Waals surface area contributed by atoms with Crippen molar-refractivity contribution in [2.45, 2.75) is 50.4 Å². The second kappa shape index (κ2) is 7.39. The highest BCUT2D eigenvalue weighted by molar-refractivity contribution is 7.99. The highest BCUT2D eigenvalue weighted by atomic mass is 35.5. The van der Waals surface area contributed by atoms with Gasteiger partial charge in [-0.3, -0.25) is 4.79 Å². The van der Waals surface area contributed by atoms with Gasteiger partial charge in [0, 0.05) is 6.04 Å². The Balaban J connectivity index is 2.14. The van der Waals surface area contributed by atoms with Gasteiger partial charge in [-0.05, 0) is 30.8 Å². The molecule has 0 aliphatic heterocycles. The van der Waals surface area contributed by atoms with Gasteiger partial charge in [-0.1, -0.05) is 19.8 Å². The van der Waals surface area contributed by atoms with E-state index in [1.807, 2.05) is 11.8 Å². The van der Waals surface area contributed by atoms with Crippen LogP contribution in [0.3, 0.4) is 0 Å². The number of alkyl halides is 1. The van der Waals surface area contributed by atoms with Crippen molar-refractivity contribution in [1.82, 2.24) is 5.32 Å². The predicted octanol–water partition coefficient (Wildman–Crippen LogP) is 2.80. The van der Waals surface area contributed by atoms with Crippen molar-refractivity contribution < 1.29 is 4.79 Å². The number of nitrogens with one attached hydrogen (secondary N) is 1. The molecule has 4 heteroatoms.